The summed E-state index contributed by atoms with van der Waals surface area (Å²) in [4.78, 5) is 13.8. The van der Waals surface area contributed by atoms with Crippen LogP contribution in [0.3, 0.4) is 0 Å². The van der Waals surface area contributed by atoms with E-state index in [1.807, 2.05) is 0 Å². The van der Waals surface area contributed by atoms with Crippen molar-refractivity contribution in [1.82, 2.24) is 4.90 Å². The van der Waals surface area contributed by atoms with Gasteiger partial charge in [0.1, 0.15) is 0 Å². The second-order valence-electron chi connectivity index (χ2n) is 4.86. The Kier molecular flexibility index (Phi) is 4.38. The Bertz CT molecular complexity index is 530. The van der Waals surface area contributed by atoms with Crippen LogP contribution in [0, 0.1) is 0 Å². The molecule has 0 spiro atoms. The van der Waals surface area contributed by atoms with E-state index in [2.05, 4.69) is 5.43 Å². The van der Waals surface area contributed by atoms with Gasteiger partial charge in [0.25, 0.3) is 5.91 Å². The monoisotopic (exact) mass is 303 g/mol. The van der Waals surface area contributed by atoms with Gasteiger partial charge in [0.2, 0.25) is 0 Å². The zero-order valence-corrected chi connectivity index (χ0v) is 11.2. The number of nitrogen functional groups attached to an aromatic ring is 1. The Morgan fingerprint density at radius 1 is 1.43 bits per heavy atom. The summed E-state index contributed by atoms with van der Waals surface area (Å²) in [6.45, 7) is -0.156. The molecule has 0 radical (unpaired) electrons. The molecule has 1 aromatic rings. The topological polar surface area (TPSA) is 78.6 Å². The number of carbonyl (C=O) groups is 1. The van der Waals surface area contributed by atoms with Gasteiger partial charge in [0.05, 0.1) is 23.4 Å². The smallest absolute Gasteiger partial charge is 0.395 e. The van der Waals surface area contributed by atoms with Crippen LogP contribution in [0.2, 0.25) is 0 Å². The maximum Gasteiger partial charge on any atom is 0.416 e. The predicted molar refractivity (Wildman–Crippen MR) is 70.4 cm³/mol. The molecule has 5 nitrogen and oxygen atoms in total. The molecule has 8 heteroatoms. The summed E-state index contributed by atoms with van der Waals surface area (Å²) in [6, 6.07) is 2.74. The first-order valence-corrected chi connectivity index (χ1v) is 6.48. The van der Waals surface area contributed by atoms with Gasteiger partial charge in [0.15, 0.2) is 0 Å². The molecule has 2 rings (SSSR count). The summed E-state index contributed by atoms with van der Waals surface area (Å²) in [5.74, 6) is 4.70. The fraction of sp³-hybridized carbons (Fsp3) is 0.462. The molecule has 0 heterocycles. The van der Waals surface area contributed by atoms with Crippen molar-refractivity contribution in [3.05, 3.63) is 29.3 Å². The van der Waals surface area contributed by atoms with Crippen LogP contribution >= 0.6 is 0 Å². The van der Waals surface area contributed by atoms with Gasteiger partial charge in [-0.25, -0.2) is 0 Å². The minimum Gasteiger partial charge on any atom is -0.395 e. The first kappa shape index (κ1) is 15.6. The lowest BCUT2D eigenvalue weighted by atomic mass is 10.1. The van der Waals surface area contributed by atoms with Gasteiger partial charge in [-0.05, 0) is 31.0 Å². The van der Waals surface area contributed by atoms with Gasteiger partial charge < -0.3 is 15.4 Å². The molecule has 4 N–H and O–H groups in total. The molecule has 21 heavy (non-hydrogen) atoms. The van der Waals surface area contributed by atoms with Crippen LogP contribution in [0.5, 0.6) is 0 Å². The van der Waals surface area contributed by atoms with Crippen LogP contribution in [0.1, 0.15) is 28.8 Å². The number of nitrogens with zero attached hydrogens (tertiary/aromatic N) is 1. The van der Waals surface area contributed by atoms with Crippen molar-refractivity contribution in [3.8, 4) is 0 Å². The van der Waals surface area contributed by atoms with E-state index in [-0.39, 0.29) is 30.4 Å². The van der Waals surface area contributed by atoms with Gasteiger partial charge in [-0.15, -0.1) is 0 Å². The zero-order valence-electron chi connectivity index (χ0n) is 11.2. The Morgan fingerprint density at radius 2 is 2.10 bits per heavy atom. The molecule has 1 aromatic carbocycles. The number of alkyl halides is 3. The third-order valence-electron chi connectivity index (χ3n) is 3.32. The van der Waals surface area contributed by atoms with Crippen molar-refractivity contribution in [1.29, 1.82) is 0 Å². The van der Waals surface area contributed by atoms with Crippen molar-refractivity contribution in [2.45, 2.75) is 25.1 Å². The summed E-state index contributed by atoms with van der Waals surface area (Å²) < 4.78 is 38.3. The molecule has 116 valence electrons. The van der Waals surface area contributed by atoms with Crippen LogP contribution in [0.15, 0.2) is 18.2 Å². The Hall–Kier alpha value is -1.80. The van der Waals surface area contributed by atoms with Crippen molar-refractivity contribution >= 4 is 11.6 Å². The highest BCUT2D eigenvalue weighted by Crippen LogP contribution is 2.34. The van der Waals surface area contributed by atoms with E-state index in [0.29, 0.717) is 0 Å². The average molecular weight is 303 g/mol. The van der Waals surface area contributed by atoms with Crippen molar-refractivity contribution in [2.24, 2.45) is 5.84 Å². The minimum absolute atomic E-state index is 0.0233. The largest absolute Gasteiger partial charge is 0.416 e. The van der Waals surface area contributed by atoms with Crippen molar-refractivity contribution < 1.29 is 23.1 Å². The SMILES string of the molecule is NNc1ccc(C(F)(F)F)cc1C(=O)N(CCO)C1CC1. The molecule has 0 bridgehead atoms. The lowest BCUT2D eigenvalue weighted by Gasteiger charge is -2.23. The van der Waals surface area contributed by atoms with Gasteiger partial charge in [-0.1, -0.05) is 0 Å². The molecule has 0 unspecified atom stereocenters. The van der Waals surface area contributed by atoms with Crippen molar-refractivity contribution in [3.63, 3.8) is 0 Å². The highest BCUT2D eigenvalue weighted by molar-refractivity contribution is 6.00. The van der Waals surface area contributed by atoms with E-state index in [9.17, 15) is 18.0 Å². The number of aliphatic hydroxyl groups excluding tert-OH is 1. The standard InChI is InChI=1S/C13H16F3N3O2/c14-13(15,16)8-1-4-11(18-17)10(7-8)12(21)19(5-6-20)9-2-3-9/h1,4,7,9,18,20H,2-3,5-6,17H2. The molecule has 0 aromatic heterocycles. The molecule has 0 atom stereocenters. The van der Waals surface area contributed by atoms with E-state index in [4.69, 9.17) is 10.9 Å². The number of anilines is 1. The fourth-order valence-corrected chi connectivity index (χ4v) is 2.12. The van der Waals surface area contributed by atoms with Gasteiger partial charge in [-0.3, -0.25) is 10.6 Å². The lowest BCUT2D eigenvalue weighted by Crippen LogP contribution is -2.36. The summed E-state index contributed by atoms with van der Waals surface area (Å²) in [6.07, 6.45) is -2.96. The van der Waals surface area contributed by atoms with E-state index >= 15 is 0 Å². The first-order chi connectivity index (χ1) is 9.88. The number of hydrogen-bond donors (Lipinski definition) is 3. The molecule has 0 aliphatic heterocycles. The Labute approximate surface area is 119 Å². The van der Waals surface area contributed by atoms with Gasteiger partial charge in [0, 0.05) is 12.6 Å². The summed E-state index contributed by atoms with van der Waals surface area (Å²) in [7, 11) is 0. The second-order valence-corrected chi connectivity index (χ2v) is 4.86. The van der Waals surface area contributed by atoms with Crippen LogP contribution in [-0.4, -0.2) is 35.1 Å². The highest BCUT2D eigenvalue weighted by Gasteiger charge is 2.36. The second kappa shape index (κ2) is 5.90. The molecule has 1 amide bonds. The zero-order chi connectivity index (χ0) is 15.6. The lowest BCUT2D eigenvalue weighted by molar-refractivity contribution is -0.137. The molecular weight excluding hydrogens is 287 g/mol. The number of hydrogen-bond acceptors (Lipinski definition) is 4. The fourth-order valence-electron chi connectivity index (χ4n) is 2.12. The molecule has 1 aliphatic carbocycles. The quantitative estimate of drug-likeness (QED) is 0.570. The molecular formula is C13H16F3N3O2. The Balaban J connectivity index is 2.37. The van der Waals surface area contributed by atoms with Gasteiger partial charge >= 0.3 is 6.18 Å². The summed E-state index contributed by atoms with van der Waals surface area (Å²) in [5, 5.41) is 9.01. The predicted octanol–water partition coefficient (Wildman–Crippen LogP) is 1.59. The minimum atomic E-state index is -4.54. The molecule has 1 aliphatic rings. The molecule has 1 saturated carbocycles. The normalized spacial score (nSPS) is 14.9. The number of rotatable bonds is 5. The van der Waals surface area contributed by atoms with Crippen LogP contribution < -0.4 is 11.3 Å². The maximum atomic E-state index is 12.8. The average Bonchev–Trinajstić information content (AvgIpc) is 3.26. The number of nitrogens with two attached hydrogens (primary N) is 1. The Morgan fingerprint density at radius 3 is 2.57 bits per heavy atom. The van der Waals surface area contributed by atoms with Crippen molar-refractivity contribution in [2.75, 3.05) is 18.6 Å². The van der Waals surface area contributed by atoms with Gasteiger partial charge in [-0.2, -0.15) is 13.2 Å². The molecule has 0 saturated heterocycles. The van der Waals surface area contributed by atoms with E-state index in [0.717, 1.165) is 31.0 Å². The number of benzene rings is 1. The highest BCUT2D eigenvalue weighted by atomic mass is 19.4. The number of hydrazine groups is 1. The summed E-state index contributed by atoms with van der Waals surface area (Å²) >= 11 is 0. The number of nitrogens with one attached hydrogen (secondary N) is 1. The number of carbonyl (C=O) groups excluding carboxylic acids is 1. The maximum absolute atomic E-state index is 12.8. The number of aliphatic hydroxyl groups is 1. The van der Waals surface area contributed by atoms with E-state index in [1.165, 1.54) is 4.90 Å². The van der Waals surface area contributed by atoms with E-state index < -0.39 is 17.6 Å². The number of halogens is 3. The number of amides is 1. The van der Waals surface area contributed by atoms with E-state index in [1.54, 1.807) is 0 Å². The van der Waals surface area contributed by atoms with Crippen LogP contribution in [0.25, 0.3) is 0 Å². The molecule has 1 fully saturated rings. The third kappa shape index (κ3) is 3.45. The van der Waals surface area contributed by atoms with Crippen LogP contribution in [-0.2, 0) is 6.18 Å². The third-order valence-corrected chi connectivity index (χ3v) is 3.32. The summed E-state index contributed by atoms with van der Waals surface area (Å²) in [5.41, 5.74) is 1.30. The van der Waals surface area contributed by atoms with Crippen LogP contribution in [0.4, 0.5) is 18.9 Å². The first-order valence-electron chi connectivity index (χ1n) is 6.48.